The standard InChI is InChI=1S/C25H30N4O2/c1-19(13-14-20-8-4-3-5-9-20)29-25(26-2)28-17-21-10-6-11-22(16-21)24(30)27-18-23-12-7-15-31-23/h3-12,15-16,19H,13-14,17-18H2,1-2H3,(H,27,30)(H2,26,28,29). The summed E-state index contributed by atoms with van der Waals surface area (Å²) in [5.41, 5.74) is 2.96. The lowest BCUT2D eigenvalue weighted by molar-refractivity contribution is 0.0948. The number of nitrogens with one attached hydrogen (secondary N) is 3. The van der Waals surface area contributed by atoms with Gasteiger partial charge in [0.05, 0.1) is 12.8 Å². The number of carbonyl (C=O) groups is 1. The molecule has 2 aromatic carbocycles. The molecule has 0 saturated carbocycles. The molecule has 1 amide bonds. The maximum absolute atomic E-state index is 12.4. The summed E-state index contributed by atoms with van der Waals surface area (Å²) in [6.45, 7) is 3.09. The smallest absolute Gasteiger partial charge is 0.251 e. The molecule has 31 heavy (non-hydrogen) atoms. The lowest BCUT2D eigenvalue weighted by Crippen LogP contribution is -2.42. The Kier molecular flexibility index (Phi) is 8.29. The van der Waals surface area contributed by atoms with E-state index < -0.39 is 0 Å². The number of aryl methyl sites for hydroxylation is 1. The van der Waals surface area contributed by atoms with Crippen LogP contribution in [0.4, 0.5) is 0 Å². The van der Waals surface area contributed by atoms with Crippen molar-refractivity contribution >= 4 is 11.9 Å². The fourth-order valence-corrected chi connectivity index (χ4v) is 3.22. The van der Waals surface area contributed by atoms with Crippen molar-refractivity contribution in [2.24, 2.45) is 4.99 Å². The van der Waals surface area contributed by atoms with Crippen LogP contribution in [0.5, 0.6) is 0 Å². The van der Waals surface area contributed by atoms with Crippen molar-refractivity contribution in [3.05, 3.63) is 95.4 Å². The van der Waals surface area contributed by atoms with Crippen LogP contribution >= 0.6 is 0 Å². The van der Waals surface area contributed by atoms with E-state index in [4.69, 9.17) is 4.42 Å². The number of nitrogens with zero attached hydrogens (tertiary/aromatic N) is 1. The molecule has 3 aromatic rings. The van der Waals surface area contributed by atoms with Gasteiger partial charge in [-0.3, -0.25) is 9.79 Å². The third kappa shape index (κ3) is 7.33. The van der Waals surface area contributed by atoms with Crippen LogP contribution < -0.4 is 16.0 Å². The van der Waals surface area contributed by atoms with E-state index in [0.717, 1.165) is 30.1 Å². The zero-order valence-electron chi connectivity index (χ0n) is 18.1. The highest BCUT2D eigenvalue weighted by Gasteiger charge is 2.09. The van der Waals surface area contributed by atoms with Crippen LogP contribution in [0.2, 0.25) is 0 Å². The number of hydrogen-bond donors (Lipinski definition) is 3. The average molecular weight is 419 g/mol. The van der Waals surface area contributed by atoms with E-state index in [-0.39, 0.29) is 11.9 Å². The third-order valence-corrected chi connectivity index (χ3v) is 4.97. The number of amides is 1. The Morgan fingerprint density at radius 1 is 0.968 bits per heavy atom. The predicted molar refractivity (Wildman–Crippen MR) is 124 cm³/mol. The number of furan rings is 1. The molecular formula is C25H30N4O2. The van der Waals surface area contributed by atoms with Crippen LogP contribution in [-0.4, -0.2) is 25.0 Å². The van der Waals surface area contributed by atoms with Gasteiger partial charge < -0.3 is 20.4 Å². The highest BCUT2D eigenvalue weighted by Crippen LogP contribution is 2.07. The molecule has 1 aromatic heterocycles. The van der Waals surface area contributed by atoms with Crippen LogP contribution in [0, 0.1) is 0 Å². The van der Waals surface area contributed by atoms with Crippen molar-refractivity contribution in [3.63, 3.8) is 0 Å². The molecule has 0 aliphatic carbocycles. The van der Waals surface area contributed by atoms with Gasteiger partial charge in [-0.15, -0.1) is 0 Å². The minimum Gasteiger partial charge on any atom is -0.467 e. The molecule has 0 bridgehead atoms. The Balaban J connectivity index is 1.46. The highest BCUT2D eigenvalue weighted by molar-refractivity contribution is 5.94. The highest BCUT2D eigenvalue weighted by atomic mass is 16.3. The van der Waals surface area contributed by atoms with Gasteiger partial charge in [-0.05, 0) is 55.2 Å². The van der Waals surface area contributed by atoms with E-state index in [1.807, 2.05) is 30.3 Å². The fourth-order valence-electron chi connectivity index (χ4n) is 3.22. The molecule has 0 saturated heterocycles. The van der Waals surface area contributed by atoms with Crippen LogP contribution in [0.15, 0.2) is 82.4 Å². The van der Waals surface area contributed by atoms with Crippen molar-refractivity contribution in [2.45, 2.75) is 38.9 Å². The van der Waals surface area contributed by atoms with Crippen LogP contribution in [-0.2, 0) is 19.5 Å². The number of benzene rings is 2. The second-order valence-electron chi connectivity index (χ2n) is 7.46. The first kappa shape index (κ1) is 22.2. The van der Waals surface area contributed by atoms with Gasteiger partial charge in [0.25, 0.3) is 5.91 Å². The molecule has 0 radical (unpaired) electrons. The van der Waals surface area contributed by atoms with Gasteiger partial charge in [-0.2, -0.15) is 0 Å². The summed E-state index contributed by atoms with van der Waals surface area (Å²) in [4.78, 5) is 16.7. The Hall–Kier alpha value is -3.54. The number of guanidine groups is 1. The molecule has 0 aliphatic heterocycles. The topological polar surface area (TPSA) is 78.7 Å². The van der Waals surface area contributed by atoms with Gasteiger partial charge >= 0.3 is 0 Å². The normalized spacial score (nSPS) is 12.3. The molecule has 1 unspecified atom stereocenters. The molecule has 1 heterocycles. The van der Waals surface area contributed by atoms with Gasteiger partial charge in [0.15, 0.2) is 5.96 Å². The van der Waals surface area contributed by atoms with Crippen molar-refractivity contribution in [3.8, 4) is 0 Å². The summed E-state index contributed by atoms with van der Waals surface area (Å²) < 4.78 is 5.25. The Labute approximate surface area is 183 Å². The molecule has 3 N–H and O–H groups in total. The van der Waals surface area contributed by atoms with Gasteiger partial charge in [-0.1, -0.05) is 42.5 Å². The van der Waals surface area contributed by atoms with Crippen LogP contribution in [0.1, 0.15) is 40.6 Å². The second-order valence-corrected chi connectivity index (χ2v) is 7.46. The van der Waals surface area contributed by atoms with E-state index in [0.29, 0.717) is 18.7 Å². The summed E-state index contributed by atoms with van der Waals surface area (Å²) in [7, 11) is 1.76. The Morgan fingerprint density at radius 2 is 1.77 bits per heavy atom. The maximum atomic E-state index is 12.4. The van der Waals surface area contributed by atoms with Gasteiger partial charge in [-0.25, -0.2) is 0 Å². The minimum absolute atomic E-state index is 0.129. The molecule has 3 rings (SSSR count). The summed E-state index contributed by atoms with van der Waals surface area (Å²) in [5, 5.41) is 9.63. The third-order valence-electron chi connectivity index (χ3n) is 4.97. The fraction of sp³-hybridized carbons (Fsp3) is 0.280. The molecular weight excluding hydrogens is 388 g/mol. The lowest BCUT2D eigenvalue weighted by Gasteiger charge is -2.18. The van der Waals surface area contributed by atoms with Gasteiger partial charge in [0, 0.05) is 25.2 Å². The SMILES string of the molecule is CN=C(NCc1cccc(C(=O)NCc2ccco2)c1)NC(C)CCc1ccccc1. The van der Waals surface area contributed by atoms with Gasteiger partial charge in [0.1, 0.15) is 5.76 Å². The zero-order valence-corrected chi connectivity index (χ0v) is 18.1. The number of aliphatic imine (C=N–C) groups is 1. The number of hydrogen-bond acceptors (Lipinski definition) is 3. The summed E-state index contributed by atoms with van der Waals surface area (Å²) >= 11 is 0. The zero-order chi connectivity index (χ0) is 21.9. The van der Waals surface area contributed by atoms with Crippen molar-refractivity contribution in [1.82, 2.24) is 16.0 Å². The number of rotatable bonds is 9. The predicted octanol–water partition coefficient (Wildman–Crippen LogP) is 3.90. The molecule has 0 aliphatic rings. The summed E-state index contributed by atoms with van der Waals surface area (Å²) in [6.07, 6.45) is 3.62. The average Bonchev–Trinajstić information content (AvgIpc) is 3.33. The van der Waals surface area contributed by atoms with E-state index >= 15 is 0 Å². The first-order chi connectivity index (χ1) is 15.1. The van der Waals surface area contributed by atoms with Crippen molar-refractivity contribution in [1.29, 1.82) is 0 Å². The summed E-state index contributed by atoms with van der Waals surface area (Å²) in [5.74, 6) is 1.34. The van der Waals surface area contributed by atoms with Crippen molar-refractivity contribution in [2.75, 3.05) is 7.05 Å². The maximum Gasteiger partial charge on any atom is 0.251 e. The van der Waals surface area contributed by atoms with E-state index in [1.165, 1.54) is 5.56 Å². The van der Waals surface area contributed by atoms with Gasteiger partial charge in [0.2, 0.25) is 0 Å². The molecule has 0 fully saturated rings. The monoisotopic (exact) mass is 418 g/mol. The first-order valence-corrected chi connectivity index (χ1v) is 10.5. The largest absolute Gasteiger partial charge is 0.467 e. The van der Waals surface area contributed by atoms with Crippen LogP contribution in [0.25, 0.3) is 0 Å². The lowest BCUT2D eigenvalue weighted by atomic mass is 10.1. The first-order valence-electron chi connectivity index (χ1n) is 10.5. The van der Waals surface area contributed by atoms with E-state index in [2.05, 4.69) is 52.1 Å². The Morgan fingerprint density at radius 3 is 2.52 bits per heavy atom. The second kappa shape index (κ2) is 11.6. The molecule has 6 nitrogen and oxygen atoms in total. The van der Waals surface area contributed by atoms with Crippen LogP contribution in [0.3, 0.4) is 0 Å². The molecule has 6 heteroatoms. The molecule has 1 atom stereocenters. The Bertz CT molecular complexity index is 968. The number of carbonyl (C=O) groups excluding carboxylic acids is 1. The molecule has 162 valence electrons. The quantitative estimate of drug-likeness (QED) is 0.364. The van der Waals surface area contributed by atoms with Crippen molar-refractivity contribution < 1.29 is 9.21 Å². The van der Waals surface area contributed by atoms with E-state index in [1.54, 1.807) is 25.4 Å². The summed E-state index contributed by atoms with van der Waals surface area (Å²) in [6, 6.07) is 22.0. The molecule has 0 spiro atoms. The minimum atomic E-state index is -0.129. The van der Waals surface area contributed by atoms with E-state index in [9.17, 15) is 4.79 Å².